The molecule has 0 radical (unpaired) electrons. The number of nitrogens with zero attached hydrogens (tertiary/aromatic N) is 4. The first-order valence-electron chi connectivity index (χ1n) is 14.1. The second kappa shape index (κ2) is 10.0. The summed E-state index contributed by atoms with van der Waals surface area (Å²) in [7, 11) is 2.09. The van der Waals surface area contributed by atoms with Crippen LogP contribution in [0.4, 0.5) is 17.1 Å². The fourth-order valence-electron chi connectivity index (χ4n) is 6.54. The third kappa shape index (κ3) is 3.91. The van der Waals surface area contributed by atoms with Crippen molar-refractivity contribution in [1.82, 2.24) is 9.88 Å². The minimum atomic E-state index is 0. The van der Waals surface area contributed by atoms with Gasteiger partial charge in [-0.2, -0.15) is 12.7 Å². The van der Waals surface area contributed by atoms with E-state index in [1.807, 2.05) is 12.3 Å². The quantitative estimate of drug-likeness (QED) is 0.150. The van der Waals surface area contributed by atoms with Crippen molar-refractivity contribution in [1.29, 1.82) is 0 Å². The number of fused-ring (bicyclic) bond motifs is 11. The second-order valence-corrected chi connectivity index (χ2v) is 11.2. The number of aromatic nitrogens is 1. The van der Waals surface area contributed by atoms with Crippen LogP contribution < -0.4 is 20.6 Å². The Bertz CT molecular complexity index is 1920. The smallest absolute Gasteiger partial charge is 0.324 e. The first-order valence-corrected chi connectivity index (χ1v) is 14.1. The molecule has 3 aliphatic rings. The maximum absolute atomic E-state index is 4.70. The van der Waals surface area contributed by atoms with Crippen LogP contribution in [0, 0.1) is 25.7 Å². The fraction of sp³-hybridized carbons (Fsp3) is 0.111. The number of rotatable bonds is 2. The summed E-state index contributed by atoms with van der Waals surface area (Å²) < 4.78 is 0. The average Bonchev–Trinajstić information content (AvgIpc) is 3.27. The number of hydrogen-bond acceptors (Lipinski definition) is 4. The fourth-order valence-corrected chi connectivity index (χ4v) is 6.54. The molecule has 5 aromatic rings. The van der Waals surface area contributed by atoms with E-state index < -0.39 is 0 Å². The van der Waals surface area contributed by atoms with Gasteiger partial charge >= 0.3 is 6.85 Å². The van der Waals surface area contributed by atoms with Crippen LogP contribution in [-0.4, -0.2) is 23.8 Å². The zero-order valence-electron chi connectivity index (χ0n) is 23.9. The van der Waals surface area contributed by atoms with Crippen LogP contribution in [0.5, 0.6) is 0 Å². The van der Waals surface area contributed by atoms with Gasteiger partial charge in [-0.25, -0.2) is 0 Å². The normalized spacial score (nSPS) is 14.6. The van der Waals surface area contributed by atoms with Gasteiger partial charge in [-0.15, -0.1) is 47.1 Å². The molecule has 42 heavy (non-hydrogen) atoms. The summed E-state index contributed by atoms with van der Waals surface area (Å²) in [6.07, 6.45) is 1.88. The molecule has 0 saturated heterocycles. The van der Waals surface area contributed by atoms with Gasteiger partial charge in [0.2, 0.25) is 0 Å². The van der Waals surface area contributed by atoms with Crippen molar-refractivity contribution >= 4 is 34.8 Å². The SMILES string of the molecule is CC1=C(C)N(c2[c-]c3c(cc2)-c2ccccc2B2c4ccccc4-c4ccc(-c5cc(C)ccn5)[c-]c4N23)[CH-]N1C.[Pt]. The van der Waals surface area contributed by atoms with E-state index in [-0.39, 0.29) is 27.9 Å². The van der Waals surface area contributed by atoms with E-state index >= 15 is 0 Å². The van der Waals surface area contributed by atoms with E-state index in [0.717, 1.165) is 28.3 Å². The van der Waals surface area contributed by atoms with Crippen molar-refractivity contribution in [2.75, 3.05) is 16.8 Å². The summed E-state index contributed by atoms with van der Waals surface area (Å²) in [5.74, 6) is 0. The molecule has 8 rings (SSSR count). The summed E-state index contributed by atoms with van der Waals surface area (Å²) in [6, 6.07) is 38.4. The van der Waals surface area contributed by atoms with Gasteiger partial charge < -0.3 is 19.6 Å². The Hall–Kier alpha value is -4.08. The Morgan fingerprint density at radius 2 is 1.36 bits per heavy atom. The molecule has 0 atom stereocenters. The van der Waals surface area contributed by atoms with Crippen molar-refractivity contribution < 1.29 is 21.1 Å². The molecular weight excluding hydrogens is 694 g/mol. The molecule has 0 saturated carbocycles. The molecular formula is C36H28BN4Pt-3. The number of aryl methyl sites for hydroxylation is 1. The molecule has 0 fully saturated rings. The monoisotopic (exact) mass is 722 g/mol. The molecule has 4 aromatic carbocycles. The van der Waals surface area contributed by atoms with E-state index in [0.29, 0.717) is 0 Å². The van der Waals surface area contributed by atoms with Gasteiger partial charge in [-0.05, 0) is 45.3 Å². The Morgan fingerprint density at radius 3 is 2.00 bits per heavy atom. The third-order valence-corrected chi connectivity index (χ3v) is 8.82. The molecule has 0 N–H and O–H groups in total. The molecule has 0 spiro atoms. The van der Waals surface area contributed by atoms with E-state index in [1.54, 1.807) is 0 Å². The largest absolute Gasteiger partial charge is 0.508 e. The van der Waals surface area contributed by atoms with Gasteiger partial charge in [0.15, 0.2) is 0 Å². The summed E-state index contributed by atoms with van der Waals surface area (Å²) in [5, 5.41) is 0. The molecule has 0 bridgehead atoms. The third-order valence-electron chi connectivity index (χ3n) is 8.82. The summed E-state index contributed by atoms with van der Waals surface area (Å²) in [5.41, 5.74) is 16.2. The molecule has 208 valence electrons. The maximum atomic E-state index is 4.70. The topological polar surface area (TPSA) is 22.6 Å². The zero-order valence-corrected chi connectivity index (χ0v) is 26.2. The Balaban J connectivity index is 0.00000288. The standard InChI is InChI=1S/C36H28BN4.Pt/c1-23-17-18-38-34(19-23)26-13-15-30-28-9-5-7-11-32(28)37-33-12-8-6-10-29(33)31-16-14-27(21-36(31)41(37)35(30)20-26)40-22-39(4)24(2)25(40)3;/h5-19,22H,1-4H3;/q-3;. The maximum Gasteiger partial charge on any atom is 0.324 e. The molecule has 0 amide bonds. The molecule has 4 nitrogen and oxygen atoms in total. The van der Waals surface area contributed by atoms with Crippen molar-refractivity contribution in [3.8, 4) is 33.5 Å². The number of allylic oxidation sites excluding steroid dienone is 2. The summed E-state index contributed by atoms with van der Waals surface area (Å²) in [4.78, 5) is 11.6. The zero-order chi connectivity index (χ0) is 27.8. The Kier molecular flexibility index (Phi) is 6.40. The van der Waals surface area contributed by atoms with Crippen LogP contribution in [0.25, 0.3) is 33.5 Å². The molecule has 3 aliphatic heterocycles. The molecule has 0 unspecified atom stereocenters. The van der Waals surface area contributed by atoms with E-state index in [4.69, 9.17) is 4.98 Å². The first-order chi connectivity index (χ1) is 20.0. The summed E-state index contributed by atoms with van der Waals surface area (Å²) >= 11 is 0. The average molecular weight is 723 g/mol. The van der Waals surface area contributed by atoms with Crippen LogP contribution >= 0.6 is 0 Å². The van der Waals surface area contributed by atoms with E-state index in [2.05, 4.69) is 140 Å². The van der Waals surface area contributed by atoms with Crippen LogP contribution in [0.15, 0.2) is 103 Å². The predicted molar refractivity (Wildman–Crippen MR) is 169 cm³/mol. The number of benzene rings is 4. The number of pyridine rings is 1. The molecule has 6 heteroatoms. The van der Waals surface area contributed by atoms with Crippen LogP contribution in [0.2, 0.25) is 0 Å². The minimum absolute atomic E-state index is 0. The second-order valence-electron chi connectivity index (χ2n) is 11.2. The Morgan fingerprint density at radius 1 is 0.714 bits per heavy atom. The number of hydrogen-bond donors (Lipinski definition) is 0. The first kappa shape index (κ1) is 26.8. The van der Waals surface area contributed by atoms with Crippen molar-refractivity contribution in [3.63, 3.8) is 0 Å². The van der Waals surface area contributed by atoms with Gasteiger partial charge in [0.05, 0.1) is 0 Å². The Labute approximate surface area is 262 Å². The van der Waals surface area contributed by atoms with Crippen molar-refractivity contribution in [2.24, 2.45) is 0 Å². The van der Waals surface area contributed by atoms with E-state index in [9.17, 15) is 0 Å². The van der Waals surface area contributed by atoms with Gasteiger partial charge in [0.25, 0.3) is 0 Å². The van der Waals surface area contributed by atoms with Gasteiger partial charge in [-0.1, -0.05) is 99.2 Å². The number of anilines is 3. The summed E-state index contributed by atoms with van der Waals surface area (Å²) in [6.45, 7) is 8.58. The van der Waals surface area contributed by atoms with Gasteiger partial charge in [0.1, 0.15) is 0 Å². The predicted octanol–water partition coefficient (Wildman–Crippen LogP) is 6.68. The van der Waals surface area contributed by atoms with Gasteiger partial charge in [0, 0.05) is 33.0 Å². The van der Waals surface area contributed by atoms with Crippen LogP contribution in [0.3, 0.4) is 0 Å². The van der Waals surface area contributed by atoms with Crippen molar-refractivity contribution in [3.05, 3.63) is 127 Å². The van der Waals surface area contributed by atoms with Gasteiger partial charge in [-0.3, -0.25) is 0 Å². The van der Waals surface area contributed by atoms with E-state index in [1.165, 1.54) is 50.1 Å². The van der Waals surface area contributed by atoms with Crippen LogP contribution in [0.1, 0.15) is 19.4 Å². The van der Waals surface area contributed by atoms with Crippen LogP contribution in [-0.2, 0) is 21.1 Å². The minimum Gasteiger partial charge on any atom is -0.508 e. The molecule has 4 heterocycles. The molecule has 1 aromatic heterocycles. The molecule has 0 aliphatic carbocycles. The van der Waals surface area contributed by atoms with Crippen molar-refractivity contribution in [2.45, 2.75) is 20.8 Å².